The van der Waals surface area contributed by atoms with Crippen LogP contribution in [0.15, 0.2) is 59.6 Å². The van der Waals surface area contributed by atoms with Crippen molar-refractivity contribution in [3.8, 4) is 5.75 Å². The van der Waals surface area contributed by atoms with E-state index in [0.717, 1.165) is 31.2 Å². The minimum absolute atomic E-state index is 0.618. The van der Waals surface area contributed by atoms with Crippen LogP contribution in [0.5, 0.6) is 5.75 Å². The number of ether oxygens (including phenoxy) is 1. The zero-order valence-electron chi connectivity index (χ0n) is 16.3. The van der Waals surface area contributed by atoms with Crippen LogP contribution < -0.4 is 15.0 Å². The van der Waals surface area contributed by atoms with Crippen molar-refractivity contribution in [2.24, 2.45) is 4.99 Å². The first-order valence-electron chi connectivity index (χ1n) is 8.96. The Bertz CT molecular complexity index is 668. The zero-order valence-corrected chi connectivity index (χ0v) is 16.3. The van der Waals surface area contributed by atoms with E-state index in [0.29, 0.717) is 6.61 Å². The summed E-state index contributed by atoms with van der Waals surface area (Å²) in [6.45, 7) is 2.23. The lowest BCUT2D eigenvalue weighted by atomic mass is 10.1. The van der Waals surface area contributed by atoms with Crippen molar-refractivity contribution in [1.29, 1.82) is 0 Å². The molecular weight excluding hydrogens is 324 g/mol. The van der Waals surface area contributed by atoms with Gasteiger partial charge in [0.25, 0.3) is 0 Å². The highest BCUT2D eigenvalue weighted by molar-refractivity contribution is 5.79. The van der Waals surface area contributed by atoms with Gasteiger partial charge >= 0.3 is 0 Å². The van der Waals surface area contributed by atoms with Gasteiger partial charge in [0, 0.05) is 40.4 Å². The molecule has 0 atom stereocenters. The highest BCUT2D eigenvalue weighted by Crippen LogP contribution is 2.12. The maximum atomic E-state index is 5.75. The molecule has 26 heavy (non-hydrogen) atoms. The van der Waals surface area contributed by atoms with Gasteiger partial charge in [0.05, 0.1) is 6.54 Å². The van der Waals surface area contributed by atoms with E-state index in [1.54, 1.807) is 0 Å². The van der Waals surface area contributed by atoms with E-state index in [1.807, 2.05) is 44.4 Å². The fourth-order valence-corrected chi connectivity index (χ4v) is 2.59. The Morgan fingerprint density at radius 1 is 1.00 bits per heavy atom. The van der Waals surface area contributed by atoms with Crippen LogP contribution in [0.2, 0.25) is 0 Å². The van der Waals surface area contributed by atoms with E-state index in [9.17, 15) is 0 Å². The summed E-state index contributed by atoms with van der Waals surface area (Å²) < 4.78 is 5.75. The molecule has 2 aromatic rings. The summed E-state index contributed by atoms with van der Waals surface area (Å²) in [7, 11) is 7.94. The lowest BCUT2D eigenvalue weighted by molar-refractivity contribution is 0.281. The topological polar surface area (TPSA) is 40.1 Å². The first kappa shape index (κ1) is 19.6. The molecule has 0 aliphatic heterocycles. The number of para-hydroxylation sites is 1. The van der Waals surface area contributed by atoms with Gasteiger partial charge in [-0.3, -0.25) is 4.99 Å². The molecule has 2 aromatic carbocycles. The fourth-order valence-electron chi connectivity index (χ4n) is 2.59. The third-order valence-corrected chi connectivity index (χ3v) is 4.16. The molecule has 0 heterocycles. The number of hydrogen-bond acceptors (Lipinski definition) is 3. The molecule has 0 spiro atoms. The number of aliphatic imine (C=N–C) groups is 1. The second-order valence-electron chi connectivity index (χ2n) is 6.37. The van der Waals surface area contributed by atoms with Gasteiger partial charge in [-0.2, -0.15) is 0 Å². The van der Waals surface area contributed by atoms with E-state index in [-0.39, 0.29) is 0 Å². The van der Waals surface area contributed by atoms with Gasteiger partial charge in [-0.1, -0.05) is 30.3 Å². The van der Waals surface area contributed by atoms with Crippen molar-refractivity contribution in [3.63, 3.8) is 0 Å². The Morgan fingerprint density at radius 3 is 2.31 bits per heavy atom. The molecule has 5 heteroatoms. The van der Waals surface area contributed by atoms with E-state index in [4.69, 9.17) is 4.74 Å². The van der Waals surface area contributed by atoms with Gasteiger partial charge < -0.3 is 19.9 Å². The highest BCUT2D eigenvalue weighted by atomic mass is 16.5. The van der Waals surface area contributed by atoms with Gasteiger partial charge in [-0.15, -0.1) is 0 Å². The number of rotatable bonds is 8. The van der Waals surface area contributed by atoms with Crippen LogP contribution in [0.1, 0.15) is 5.56 Å². The molecule has 0 unspecified atom stereocenters. The molecule has 0 fully saturated rings. The zero-order chi connectivity index (χ0) is 18.8. The maximum absolute atomic E-state index is 5.75. The van der Waals surface area contributed by atoms with Gasteiger partial charge in [0.1, 0.15) is 12.4 Å². The number of guanidine groups is 1. The standard InChI is InChI=1S/C21H30N4O/c1-22-21(25(4)16-17-26-20-8-6-5-7-9-20)23-15-14-18-10-12-19(13-11-18)24(2)3/h5-13H,14-17H2,1-4H3,(H,22,23). The van der Waals surface area contributed by atoms with Crippen LogP contribution in [0.3, 0.4) is 0 Å². The summed E-state index contributed by atoms with van der Waals surface area (Å²) in [5, 5.41) is 3.41. The molecule has 0 amide bonds. The minimum Gasteiger partial charge on any atom is -0.492 e. The number of benzene rings is 2. The van der Waals surface area contributed by atoms with Crippen LogP contribution in [0.25, 0.3) is 0 Å². The van der Waals surface area contributed by atoms with Crippen molar-refractivity contribution in [2.45, 2.75) is 6.42 Å². The van der Waals surface area contributed by atoms with Crippen molar-refractivity contribution in [1.82, 2.24) is 10.2 Å². The molecule has 2 rings (SSSR count). The number of anilines is 1. The predicted molar refractivity (Wildman–Crippen MR) is 110 cm³/mol. The van der Waals surface area contributed by atoms with Crippen molar-refractivity contribution in [2.75, 3.05) is 52.8 Å². The van der Waals surface area contributed by atoms with Gasteiger partial charge in [-0.25, -0.2) is 0 Å². The molecule has 5 nitrogen and oxygen atoms in total. The average Bonchev–Trinajstić information content (AvgIpc) is 2.66. The Morgan fingerprint density at radius 2 is 1.69 bits per heavy atom. The summed E-state index contributed by atoms with van der Waals surface area (Å²) >= 11 is 0. The first-order chi connectivity index (χ1) is 12.6. The SMILES string of the molecule is CN=C(NCCc1ccc(N(C)C)cc1)N(C)CCOc1ccccc1. The van der Waals surface area contributed by atoms with E-state index in [1.165, 1.54) is 11.3 Å². The van der Waals surface area contributed by atoms with Crippen molar-refractivity contribution in [3.05, 3.63) is 60.2 Å². The maximum Gasteiger partial charge on any atom is 0.193 e. The fraction of sp³-hybridized carbons (Fsp3) is 0.381. The van der Waals surface area contributed by atoms with Crippen LogP contribution in [-0.2, 0) is 6.42 Å². The van der Waals surface area contributed by atoms with E-state index >= 15 is 0 Å². The summed E-state index contributed by atoms with van der Waals surface area (Å²) in [5.74, 6) is 1.77. The van der Waals surface area contributed by atoms with E-state index in [2.05, 4.69) is 58.5 Å². The van der Waals surface area contributed by atoms with Gasteiger partial charge in [0.2, 0.25) is 0 Å². The average molecular weight is 354 g/mol. The van der Waals surface area contributed by atoms with Gasteiger partial charge in [-0.05, 0) is 36.2 Å². The molecule has 0 aromatic heterocycles. The molecule has 0 radical (unpaired) electrons. The third-order valence-electron chi connectivity index (χ3n) is 4.16. The minimum atomic E-state index is 0.618. The van der Waals surface area contributed by atoms with Crippen LogP contribution in [0, 0.1) is 0 Å². The van der Waals surface area contributed by atoms with Crippen LogP contribution in [-0.4, -0.2) is 58.7 Å². The summed E-state index contributed by atoms with van der Waals surface area (Å²) in [5.41, 5.74) is 2.53. The number of nitrogens with one attached hydrogen (secondary N) is 1. The van der Waals surface area contributed by atoms with Crippen molar-refractivity contribution >= 4 is 11.6 Å². The predicted octanol–water partition coefficient (Wildman–Crippen LogP) is 2.88. The summed E-state index contributed by atoms with van der Waals surface area (Å²) in [6.07, 6.45) is 0.959. The lowest BCUT2D eigenvalue weighted by Crippen LogP contribution is -2.41. The molecule has 0 saturated heterocycles. The lowest BCUT2D eigenvalue weighted by Gasteiger charge is -2.22. The van der Waals surface area contributed by atoms with E-state index < -0.39 is 0 Å². The molecule has 0 bridgehead atoms. The van der Waals surface area contributed by atoms with Crippen molar-refractivity contribution < 1.29 is 4.74 Å². The molecule has 1 N–H and O–H groups in total. The Labute approximate surface area is 157 Å². The molecule has 140 valence electrons. The first-order valence-corrected chi connectivity index (χ1v) is 8.96. The summed E-state index contributed by atoms with van der Waals surface area (Å²) in [6, 6.07) is 18.5. The second kappa shape index (κ2) is 10.3. The quantitative estimate of drug-likeness (QED) is 0.585. The molecule has 0 aliphatic carbocycles. The Balaban J connectivity index is 1.72. The van der Waals surface area contributed by atoms with Gasteiger partial charge in [0.15, 0.2) is 5.96 Å². The smallest absolute Gasteiger partial charge is 0.193 e. The largest absolute Gasteiger partial charge is 0.492 e. The normalized spacial score (nSPS) is 11.2. The molecule has 0 saturated carbocycles. The highest BCUT2D eigenvalue weighted by Gasteiger charge is 2.06. The number of nitrogens with zero attached hydrogens (tertiary/aromatic N) is 3. The van der Waals surface area contributed by atoms with Crippen LogP contribution >= 0.6 is 0 Å². The second-order valence-corrected chi connectivity index (χ2v) is 6.37. The van der Waals surface area contributed by atoms with Crippen LogP contribution in [0.4, 0.5) is 5.69 Å². The Hall–Kier alpha value is -2.69. The Kier molecular flexibility index (Phi) is 7.80. The summed E-state index contributed by atoms with van der Waals surface area (Å²) in [4.78, 5) is 8.54. The molecule has 0 aliphatic rings. The third kappa shape index (κ3) is 6.31. The monoisotopic (exact) mass is 354 g/mol. The number of likely N-dealkylation sites (N-methyl/N-ethyl adjacent to an activating group) is 1. The number of hydrogen-bond donors (Lipinski definition) is 1. The molecular formula is C21H30N4O.